The number of carbonyl (C=O) groups is 2. The Kier molecular flexibility index (Phi) is 7.51. The van der Waals surface area contributed by atoms with Crippen LogP contribution in [0.5, 0.6) is 0 Å². The van der Waals surface area contributed by atoms with Gasteiger partial charge in [-0.25, -0.2) is 4.39 Å². The number of ether oxygens (including phenoxy) is 1. The number of hydrogen-bond acceptors (Lipinski definition) is 4. The van der Waals surface area contributed by atoms with Crippen LogP contribution in [-0.2, 0) is 9.53 Å². The minimum Gasteiger partial charge on any atom is -0.466 e. The highest BCUT2D eigenvalue weighted by Crippen LogP contribution is 2.19. The van der Waals surface area contributed by atoms with Gasteiger partial charge in [0.15, 0.2) is 0 Å². The van der Waals surface area contributed by atoms with Crippen molar-refractivity contribution in [1.29, 1.82) is 0 Å². The van der Waals surface area contributed by atoms with Crippen molar-refractivity contribution >= 4 is 22.8 Å². The lowest BCUT2D eigenvalue weighted by Crippen LogP contribution is -2.25. The standard InChI is InChI=1S/C20H25FN2O3/c1-3-26-19(24)8-6-4-5-7-11-22-20(25)17-12-14(2)23-18-13-15(21)9-10-16(17)18/h9-10,12-13H,3-8,11H2,1-2H3,(H,22,25). The molecular weight excluding hydrogens is 335 g/mol. The molecule has 6 heteroatoms. The van der Waals surface area contributed by atoms with Crippen LogP contribution in [0.4, 0.5) is 4.39 Å². The number of benzene rings is 1. The van der Waals surface area contributed by atoms with Crippen molar-refractivity contribution in [2.45, 2.75) is 46.0 Å². The van der Waals surface area contributed by atoms with Crippen LogP contribution in [0.15, 0.2) is 24.3 Å². The second-order valence-electron chi connectivity index (χ2n) is 6.20. The van der Waals surface area contributed by atoms with Crippen molar-refractivity contribution < 1.29 is 18.7 Å². The average Bonchev–Trinajstić information content (AvgIpc) is 2.59. The number of unbranched alkanes of at least 4 members (excludes halogenated alkanes) is 3. The number of amides is 1. The second kappa shape index (κ2) is 9.85. The van der Waals surface area contributed by atoms with Gasteiger partial charge in [0.05, 0.1) is 17.7 Å². The van der Waals surface area contributed by atoms with Crippen LogP contribution in [0.3, 0.4) is 0 Å². The van der Waals surface area contributed by atoms with Crippen LogP contribution in [0.2, 0.25) is 0 Å². The summed E-state index contributed by atoms with van der Waals surface area (Å²) < 4.78 is 18.3. The van der Waals surface area contributed by atoms with E-state index >= 15 is 0 Å². The molecular formula is C20H25FN2O3. The van der Waals surface area contributed by atoms with Gasteiger partial charge in [0, 0.05) is 30.1 Å². The van der Waals surface area contributed by atoms with Crippen molar-refractivity contribution in [1.82, 2.24) is 10.3 Å². The van der Waals surface area contributed by atoms with Gasteiger partial charge in [0.1, 0.15) is 5.82 Å². The van der Waals surface area contributed by atoms with Crippen molar-refractivity contribution in [3.63, 3.8) is 0 Å². The summed E-state index contributed by atoms with van der Waals surface area (Å²) in [5.74, 6) is -0.708. The number of fused-ring (bicyclic) bond motifs is 1. The molecule has 1 aromatic carbocycles. The number of halogens is 1. The minimum atomic E-state index is -0.371. The molecule has 2 rings (SSSR count). The van der Waals surface area contributed by atoms with E-state index in [1.54, 1.807) is 26.0 Å². The SMILES string of the molecule is CCOC(=O)CCCCCCNC(=O)c1cc(C)nc2cc(F)ccc12. The number of esters is 1. The molecule has 0 aliphatic rings. The Morgan fingerprint density at radius 2 is 1.92 bits per heavy atom. The molecule has 1 amide bonds. The predicted molar refractivity (Wildman–Crippen MR) is 98.5 cm³/mol. The largest absolute Gasteiger partial charge is 0.466 e. The quantitative estimate of drug-likeness (QED) is 0.543. The van der Waals surface area contributed by atoms with E-state index in [0.29, 0.717) is 41.7 Å². The van der Waals surface area contributed by atoms with E-state index in [1.807, 2.05) is 0 Å². The molecule has 0 saturated heterocycles. The second-order valence-corrected chi connectivity index (χ2v) is 6.20. The van der Waals surface area contributed by atoms with Gasteiger partial charge in [-0.1, -0.05) is 12.8 Å². The molecule has 0 aliphatic heterocycles. The van der Waals surface area contributed by atoms with E-state index in [1.165, 1.54) is 12.1 Å². The predicted octanol–water partition coefficient (Wildman–Crippen LogP) is 3.93. The summed E-state index contributed by atoms with van der Waals surface area (Å²) in [7, 11) is 0. The summed E-state index contributed by atoms with van der Waals surface area (Å²) in [6.45, 7) is 4.55. The Hall–Kier alpha value is -2.50. The molecule has 0 saturated carbocycles. The van der Waals surface area contributed by atoms with Crippen LogP contribution >= 0.6 is 0 Å². The number of carbonyl (C=O) groups excluding carboxylic acids is 2. The molecule has 0 spiro atoms. The molecule has 0 aliphatic carbocycles. The average molecular weight is 360 g/mol. The molecule has 0 bridgehead atoms. The fraction of sp³-hybridized carbons (Fsp3) is 0.450. The van der Waals surface area contributed by atoms with Gasteiger partial charge in [-0.3, -0.25) is 14.6 Å². The molecule has 5 nitrogen and oxygen atoms in total. The minimum absolute atomic E-state index is 0.155. The number of hydrogen-bond donors (Lipinski definition) is 1. The molecule has 0 radical (unpaired) electrons. The first-order valence-electron chi connectivity index (χ1n) is 9.02. The number of nitrogens with one attached hydrogen (secondary N) is 1. The van der Waals surface area contributed by atoms with Gasteiger partial charge in [0.2, 0.25) is 0 Å². The highest BCUT2D eigenvalue weighted by molar-refractivity contribution is 6.06. The van der Waals surface area contributed by atoms with Gasteiger partial charge in [0.25, 0.3) is 5.91 Å². The number of aryl methyl sites for hydroxylation is 1. The molecule has 0 fully saturated rings. The Morgan fingerprint density at radius 3 is 2.69 bits per heavy atom. The monoisotopic (exact) mass is 360 g/mol. The number of rotatable bonds is 9. The smallest absolute Gasteiger partial charge is 0.305 e. The maximum absolute atomic E-state index is 13.4. The lowest BCUT2D eigenvalue weighted by atomic mass is 10.1. The van der Waals surface area contributed by atoms with E-state index in [-0.39, 0.29) is 17.7 Å². The molecule has 0 atom stereocenters. The summed E-state index contributed by atoms with van der Waals surface area (Å²) in [5, 5.41) is 3.54. The highest BCUT2D eigenvalue weighted by Gasteiger charge is 2.12. The normalized spacial score (nSPS) is 10.7. The van der Waals surface area contributed by atoms with Crippen LogP contribution in [-0.4, -0.2) is 30.0 Å². The Labute approximate surface area is 152 Å². The van der Waals surface area contributed by atoms with Gasteiger partial charge in [-0.2, -0.15) is 0 Å². The summed E-state index contributed by atoms with van der Waals surface area (Å²) in [4.78, 5) is 28.0. The zero-order valence-electron chi connectivity index (χ0n) is 15.3. The first-order chi connectivity index (χ1) is 12.5. The molecule has 140 valence electrons. The number of pyridine rings is 1. The third-order valence-corrected chi connectivity index (χ3v) is 4.04. The zero-order chi connectivity index (χ0) is 18.9. The Bertz CT molecular complexity index is 772. The van der Waals surface area contributed by atoms with Crippen LogP contribution in [0.25, 0.3) is 10.9 Å². The maximum atomic E-state index is 13.4. The maximum Gasteiger partial charge on any atom is 0.305 e. The fourth-order valence-corrected chi connectivity index (χ4v) is 2.80. The summed E-state index contributed by atoms with van der Waals surface area (Å²) in [6.07, 6.45) is 3.93. The van der Waals surface area contributed by atoms with E-state index in [0.717, 1.165) is 25.7 Å². The molecule has 0 unspecified atom stereocenters. The molecule has 1 aromatic heterocycles. The lowest BCUT2D eigenvalue weighted by Gasteiger charge is -2.09. The van der Waals surface area contributed by atoms with Crippen molar-refractivity contribution in [3.05, 3.63) is 41.3 Å². The number of nitrogens with zero attached hydrogens (tertiary/aromatic N) is 1. The summed E-state index contributed by atoms with van der Waals surface area (Å²) in [5.41, 5.74) is 1.66. The van der Waals surface area contributed by atoms with Crippen LogP contribution in [0.1, 0.15) is 55.1 Å². The Morgan fingerprint density at radius 1 is 1.15 bits per heavy atom. The van der Waals surface area contributed by atoms with Gasteiger partial charge in [-0.05, 0) is 44.9 Å². The molecule has 2 aromatic rings. The van der Waals surface area contributed by atoms with Crippen molar-refractivity contribution in [2.24, 2.45) is 0 Å². The molecule has 26 heavy (non-hydrogen) atoms. The first-order valence-corrected chi connectivity index (χ1v) is 9.02. The van der Waals surface area contributed by atoms with Gasteiger partial charge >= 0.3 is 5.97 Å². The summed E-state index contributed by atoms with van der Waals surface area (Å²) in [6, 6.07) is 5.97. The van der Waals surface area contributed by atoms with Gasteiger partial charge in [-0.15, -0.1) is 0 Å². The van der Waals surface area contributed by atoms with Crippen molar-refractivity contribution in [3.8, 4) is 0 Å². The third-order valence-electron chi connectivity index (χ3n) is 4.04. The fourth-order valence-electron chi connectivity index (χ4n) is 2.80. The van der Waals surface area contributed by atoms with Crippen LogP contribution in [0, 0.1) is 12.7 Å². The molecule has 1 N–H and O–H groups in total. The van der Waals surface area contributed by atoms with E-state index < -0.39 is 0 Å². The van der Waals surface area contributed by atoms with E-state index in [2.05, 4.69) is 10.3 Å². The van der Waals surface area contributed by atoms with Crippen LogP contribution < -0.4 is 5.32 Å². The topological polar surface area (TPSA) is 68.3 Å². The summed E-state index contributed by atoms with van der Waals surface area (Å²) >= 11 is 0. The third kappa shape index (κ3) is 5.79. The first kappa shape index (κ1) is 19.8. The lowest BCUT2D eigenvalue weighted by molar-refractivity contribution is -0.143. The zero-order valence-corrected chi connectivity index (χ0v) is 15.3. The molecule has 1 heterocycles. The van der Waals surface area contributed by atoms with Gasteiger partial charge < -0.3 is 10.1 Å². The van der Waals surface area contributed by atoms with Crippen molar-refractivity contribution in [2.75, 3.05) is 13.2 Å². The highest BCUT2D eigenvalue weighted by atomic mass is 19.1. The Balaban J connectivity index is 1.80. The number of aromatic nitrogens is 1. The van der Waals surface area contributed by atoms with E-state index in [9.17, 15) is 14.0 Å². The van der Waals surface area contributed by atoms with E-state index in [4.69, 9.17) is 4.74 Å².